The van der Waals surface area contributed by atoms with Gasteiger partial charge in [0.25, 0.3) is 0 Å². The fourth-order valence-corrected chi connectivity index (χ4v) is 3.26. The quantitative estimate of drug-likeness (QED) is 0.672. The molecule has 0 aliphatic carbocycles. The van der Waals surface area contributed by atoms with Crippen LogP contribution in [0.1, 0.15) is 16.7 Å². The summed E-state index contributed by atoms with van der Waals surface area (Å²) in [4.78, 5) is 2.07. The van der Waals surface area contributed by atoms with Crippen molar-refractivity contribution in [3.05, 3.63) is 44.8 Å². The van der Waals surface area contributed by atoms with Crippen LogP contribution in [-0.4, -0.2) is 0 Å². The highest BCUT2D eigenvalue weighted by Gasteiger charge is 2.27. The van der Waals surface area contributed by atoms with Gasteiger partial charge in [0.05, 0.1) is 0 Å². The second kappa shape index (κ2) is 3.45. The second-order valence-corrected chi connectivity index (χ2v) is 5.61. The van der Waals surface area contributed by atoms with Crippen molar-refractivity contribution in [1.82, 2.24) is 0 Å². The maximum absolute atomic E-state index is 6.49. The van der Waals surface area contributed by atoms with Crippen LogP contribution in [0.25, 0.3) is 0 Å². The molecule has 0 saturated carbocycles. The van der Waals surface area contributed by atoms with Gasteiger partial charge < -0.3 is 0 Å². The van der Waals surface area contributed by atoms with Crippen LogP contribution in [0.4, 0.5) is 0 Å². The van der Waals surface area contributed by atoms with Crippen LogP contribution >= 0.6 is 34.3 Å². The van der Waals surface area contributed by atoms with Gasteiger partial charge >= 0.3 is 0 Å². The van der Waals surface area contributed by atoms with Crippen molar-refractivity contribution in [1.29, 1.82) is 0 Å². The van der Waals surface area contributed by atoms with E-state index in [0.29, 0.717) is 0 Å². The average molecular weight is 229 g/mol. The van der Waals surface area contributed by atoms with Crippen LogP contribution in [0.3, 0.4) is 0 Å². The lowest BCUT2D eigenvalue weighted by molar-refractivity contribution is 0.868. The predicted octanol–water partition coefficient (Wildman–Crippen LogP) is 4.31. The fraction of sp³-hybridized carbons (Fsp3) is 0.200. The summed E-state index contributed by atoms with van der Waals surface area (Å²) in [5, 5.41) is 4.12. The van der Waals surface area contributed by atoms with Crippen LogP contribution in [0, 0.1) is 0 Å². The Morgan fingerprint density at radius 3 is 1.85 bits per heavy atom. The first-order valence-electron chi connectivity index (χ1n) is 3.98. The van der Waals surface area contributed by atoms with Gasteiger partial charge in [-0.05, 0) is 29.8 Å². The smallest absolute Gasteiger partial charge is 0.110 e. The first-order chi connectivity index (χ1) is 6.21. The Morgan fingerprint density at radius 2 is 1.54 bits per heavy atom. The van der Waals surface area contributed by atoms with Gasteiger partial charge in [0.1, 0.15) is 4.87 Å². The van der Waals surface area contributed by atoms with E-state index in [-0.39, 0.29) is 4.87 Å². The average Bonchev–Trinajstić information content (AvgIpc) is 2.78. The molecule has 0 atom stereocenters. The molecule has 13 heavy (non-hydrogen) atoms. The highest BCUT2D eigenvalue weighted by Crippen LogP contribution is 2.40. The van der Waals surface area contributed by atoms with Crippen molar-refractivity contribution in [2.24, 2.45) is 0 Å². The third kappa shape index (κ3) is 1.66. The maximum atomic E-state index is 6.49. The molecule has 3 heteroatoms. The molecule has 0 bridgehead atoms. The molecule has 0 N–H and O–H groups in total. The third-order valence-corrected chi connectivity index (χ3v) is 4.78. The highest BCUT2D eigenvalue weighted by molar-refractivity contribution is 7.12. The van der Waals surface area contributed by atoms with Crippen molar-refractivity contribution >= 4 is 34.3 Å². The van der Waals surface area contributed by atoms with Gasteiger partial charge in [-0.25, -0.2) is 0 Å². The minimum Gasteiger partial charge on any atom is -0.147 e. The standard InChI is InChI=1S/C10H9ClS2/c1-10(11,8-4-2-6-12-8)9-5-3-7-13-9/h2-7H,1H3. The van der Waals surface area contributed by atoms with E-state index in [9.17, 15) is 0 Å². The molecular weight excluding hydrogens is 220 g/mol. The van der Waals surface area contributed by atoms with Gasteiger partial charge in [-0.1, -0.05) is 12.1 Å². The number of alkyl halides is 1. The summed E-state index contributed by atoms with van der Waals surface area (Å²) in [6, 6.07) is 8.23. The molecule has 0 aromatic carbocycles. The maximum Gasteiger partial charge on any atom is 0.110 e. The molecule has 0 amide bonds. The molecule has 0 aliphatic rings. The van der Waals surface area contributed by atoms with Crippen molar-refractivity contribution < 1.29 is 0 Å². The zero-order valence-corrected chi connectivity index (χ0v) is 9.55. The Morgan fingerprint density at radius 1 is 1.08 bits per heavy atom. The second-order valence-electron chi connectivity index (χ2n) is 2.96. The Labute approximate surface area is 90.8 Å². The van der Waals surface area contributed by atoms with E-state index in [1.807, 2.05) is 19.1 Å². The lowest BCUT2D eigenvalue weighted by Crippen LogP contribution is -2.11. The molecule has 0 radical (unpaired) electrons. The lowest BCUT2D eigenvalue weighted by Gasteiger charge is -2.18. The number of hydrogen-bond acceptors (Lipinski definition) is 2. The molecule has 2 rings (SSSR count). The molecule has 0 nitrogen and oxygen atoms in total. The molecule has 68 valence electrons. The van der Waals surface area contributed by atoms with E-state index < -0.39 is 0 Å². The third-order valence-electron chi connectivity index (χ3n) is 1.97. The molecule has 2 aromatic heterocycles. The molecule has 2 heterocycles. The van der Waals surface area contributed by atoms with Crippen LogP contribution in [0.2, 0.25) is 0 Å². The van der Waals surface area contributed by atoms with Crippen molar-refractivity contribution in [2.45, 2.75) is 11.8 Å². The number of halogens is 1. The summed E-state index contributed by atoms with van der Waals surface area (Å²) in [6.45, 7) is 2.05. The van der Waals surface area contributed by atoms with E-state index in [1.165, 1.54) is 9.75 Å². The van der Waals surface area contributed by atoms with E-state index >= 15 is 0 Å². The Hall–Kier alpha value is -0.310. The summed E-state index contributed by atoms with van der Waals surface area (Å²) in [5.74, 6) is 0. The van der Waals surface area contributed by atoms with Gasteiger partial charge in [-0.3, -0.25) is 0 Å². The molecular formula is C10H9ClS2. The molecule has 0 aliphatic heterocycles. The summed E-state index contributed by atoms with van der Waals surface area (Å²) in [7, 11) is 0. The number of hydrogen-bond donors (Lipinski definition) is 0. The molecule has 0 fully saturated rings. The minimum atomic E-state index is -0.345. The SMILES string of the molecule is CC(Cl)(c1cccs1)c1cccs1. The zero-order valence-electron chi connectivity index (χ0n) is 7.16. The fourth-order valence-electron chi connectivity index (χ4n) is 1.21. The normalized spacial score (nSPS) is 11.8. The Bertz CT molecular complexity index is 323. The number of thiophene rings is 2. The molecule has 0 saturated heterocycles. The topological polar surface area (TPSA) is 0 Å². The van der Waals surface area contributed by atoms with E-state index in [2.05, 4.69) is 22.9 Å². The first-order valence-corrected chi connectivity index (χ1v) is 6.12. The lowest BCUT2D eigenvalue weighted by atomic mass is 10.1. The Kier molecular flexibility index (Phi) is 2.45. The van der Waals surface area contributed by atoms with Crippen molar-refractivity contribution in [3.63, 3.8) is 0 Å². The van der Waals surface area contributed by atoms with Gasteiger partial charge in [-0.15, -0.1) is 34.3 Å². The summed E-state index contributed by atoms with van der Waals surface area (Å²) < 4.78 is 0. The number of rotatable bonds is 2. The van der Waals surface area contributed by atoms with Crippen LogP contribution in [0.15, 0.2) is 35.0 Å². The van der Waals surface area contributed by atoms with Gasteiger partial charge in [0.2, 0.25) is 0 Å². The zero-order chi connectivity index (χ0) is 9.31. The minimum absolute atomic E-state index is 0.345. The van der Waals surface area contributed by atoms with Crippen molar-refractivity contribution in [3.8, 4) is 0 Å². The van der Waals surface area contributed by atoms with E-state index in [4.69, 9.17) is 11.6 Å². The van der Waals surface area contributed by atoms with E-state index in [1.54, 1.807) is 22.7 Å². The summed E-state index contributed by atoms with van der Waals surface area (Å²) >= 11 is 9.90. The van der Waals surface area contributed by atoms with E-state index in [0.717, 1.165) is 0 Å². The van der Waals surface area contributed by atoms with Gasteiger partial charge in [0, 0.05) is 9.75 Å². The largest absolute Gasteiger partial charge is 0.147 e. The van der Waals surface area contributed by atoms with Crippen LogP contribution in [-0.2, 0) is 4.87 Å². The summed E-state index contributed by atoms with van der Waals surface area (Å²) in [6.07, 6.45) is 0. The predicted molar refractivity (Wildman–Crippen MR) is 60.9 cm³/mol. The van der Waals surface area contributed by atoms with Crippen molar-refractivity contribution in [2.75, 3.05) is 0 Å². The highest BCUT2D eigenvalue weighted by atomic mass is 35.5. The molecule has 0 unspecified atom stereocenters. The molecule has 0 spiro atoms. The Balaban J connectivity index is 2.42. The van der Waals surface area contributed by atoms with Gasteiger partial charge in [0.15, 0.2) is 0 Å². The monoisotopic (exact) mass is 228 g/mol. The first kappa shape index (κ1) is 9.25. The van der Waals surface area contributed by atoms with Gasteiger partial charge in [-0.2, -0.15) is 0 Å². The molecule has 2 aromatic rings. The summed E-state index contributed by atoms with van der Waals surface area (Å²) in [5.41, 5.74) is 0. The van der Waals surface area contributed by atoms with Crippen LogP contribution in [0.5, 0.6) is 0 Å². The van der Waals surface area contributed by atoms with Crippen LogP contribution < -0.4 is 0 Å².